The van der Waals surface area contributed by atoms with Crippen molar-refractivity contribution in [2.45, 2.75) is 39.8 Å². The molecule has 1 heterocycles. The molecule has 14 heavy (non-hydrogen) atoms. The molecular weight excluding hydrogens is 176 g/mol. The molecule has 0 spiro atoms. The van der Waals surface area contributed by atoms with Crippen molar-refractivity contribution in [2.24, 2.45) is 0 Å². The zero-order valence-electron chi connectivity index (χ0n) is 9.99. The zero-order chi connectivity index (χ0) is 10.6. The van der Waals surface area contributed by atoms with Crippen molar-refractivity contribution in [2.75, 3.05) is 33.0 Å². The first-order chi connectivity index (χ1) is 6.61. The summed E-state index contributed by atoms with van der Waals surface area (Å²) in [5, 5.41) is 0. The third kappa shape index (κ3) is 3.56. The molecular formula is C11H24N2O. The molecule has 0 saturated carbocycles. The van der Waals surface area contributed by atoms with Gasteiger partial charge in [0.15, 0.2) is 0 Å². The molecule has 0 aliphatic carbocycles. The standard InChI is InChI=1S/C11H24N2O/c1-10(2)13(11(3)4)9-12-5-7-14-8-6-12/h10-11H,5-9H2,1-4H3. The van der Waals surface area contributed by atoms with E-state index in [1.807, 2.05) is 0 Å². The maximum absolute atomic E-state index is 5.34. The van der Waals surface area contributed by atoms with E-state index >= 15 is 0 Å². The molecule has 3 heteroatoms. The predicted octanol–water partition coefficient (Wildman–Crippen LogP) is 1.39. The van der Waals surface area contributed by atoms with E-state index in [-0.39, 0.29) is 0 Å². The van der Waals surface area contributed by atoms with Gasteiger partial charge in [0.25, 0.3) is 0 Å². The van der Waals surface area contributed by atoms with Crippen LogP contribution in [0.4, 0.5) is 0 Å². The summed E-state index contributed by atoms with van der Waals surface area (Å²) < 4.78 is 5.34. The Hall–Kier alpha value is -0.120. The predicted molar refractivity (Wildman–Crippen MR) is 59.4 cm³/mol. The fraction of sp³-hybridized carbons (Fsp3) is 1.00. The lowest BCUT2D eigenvalue weighted by atomic mass is 10.2. The van der Waals surface area contributed by atoms with Crippen LogP contribution < -0.4 is 0 Å². The fourth-order valence-corrected chi connectivity index (χ4v) is 1.90. The van der Waals surface area contributed by atoms with Crippen LogP contribution in [0.3, 0.4) is 0 Å². The van der Waals surface area contributed by atoms with Crippen LogP contribution in [0.2, 0.25) is 0 Å². The maximum Gasteiger partial charge on any atom is 0.0594 e. The molecule has 1 fully saturated rings. The zero-order valence-corrected chi connectivity index (χ0v) is 9.99. The summed E-state index contributed by atoms with van der Waals surface area (Å²) in [6.45, 7) is 14.1. The number of nitrogens with zero attached hydrogens (tertiary/aromatic N) is 2. The second-order valence-corrected chi connectivity index (χ2v) is 4.57. The molecule has 0 radical (unpaired) electrons. The van der Waals surface area contributed by atoms with Crippen molar-refractivity contribution < 1.29 is 4.74 Å². The molecule has 0 bridgehead atoms. The highest BCUT2D eigenvalue weighted by Gasteiger charge is 2.18. The van der Waals surface area contributed by atoms with Crippen LogP contribution in [-0.4, -0.2) is 54.9 Å². The molecule has 0 aromatic heterocycles. The molecule has 1 rings (SSSR count). The van der Waals surface area contributed by atoms with Gasteiger partial charge in [0.2, 0.25) is 0 Å². The Morgan fingerprint density at radius 1 is 1.07 bits per heavy atom. The molecule has 1 aliphatic rings. The van der Waals surface area contributed by atoms with E-state index in [1.165, 1.54) is 0 Å². The van der Waals surface area contributed by atoms with Gasteiger partial charge in [0, 0.05) is 25.2 Å². The van der Waals surface area contributed by atoms with E-state index < -0.39 is 0 Å². The third-order valence-corrected chi connectivity index (χ3v) is 2.79. The highest BCUT2D eigenvalue weighted by atomic mass is 16.5. The largest absolute Gasteiger partial charge is 0.379 e. The fourth-order valence-electron chi connectivity index (χ4n) is 1.90. The first-order valence-electron chi connectivity index (χ1n) is 5.67. The minimum Gasteiger partial charge on any atom is -0.379 e. The second kappa shape index (κ2) is 5.69. The van der Waals surface area contributed by atoms with Crippen LogP contribution in [0.15, 0.2) is 0 Å². The third-order valence-electron chi connectivity index (χ3n) is 2.79. The number of hydrogen-bond donors (Lipinski definition) is 0. The SMILES string of the molecule is CC(C)N(CN1CCOCC1)C(C)C. The van der Waals surface area contributed by atoms with Gasteiger partial charge in [-0.25, -0.2) is 0 Å². The van der Waals surface area contributed by atoms with Gasteiger partial charge in [-0.05, 0) is 27.7 Å². The van der Waals surface area contributed by atoms with Crippen molar-refractivity contribution in [3.63, 3.8) is 0 Å². The van der Waals surface area contributed by atoms with Crippen LogP contribution in [0.25, 0.3) is 0 Å². The normalized spacial score (nSPS) is 19.9. The summed E-state index contributed by atoms with van der Waals surface area (Å²) in [5.74, 6) is 0. The van der Waals surface area contributed by atoms with Gasteiger partial charge < -0.3 is 4.74 Å². The van der Waals surface area contributed by atoms with Crippen LogP contribution >= 0.6 is 0 Å². The summed E-state index contributed by atoms with van der Waals surface area (Å²) in [4.78, 5) is 4.99. The Morgan fingerprint density at radius 3 is 2.00 bits per heavy atom. The van der Waals surface area contributed by atoms with Crippen LogP contribution in [0, 0.1) is 0 Å². The van der Waals surface area contributed by atoms with Crippen molar-refractivity contribution in [3.05, 3.63) is 0 Å². The monoisotopic (exact) mass is 200 g/mol. The van der Waals surface area contributed by atoms with E-state index in [2.05, 4.69) is 37.5 Å². The molecule has 0 aromatic rings. The van der Waals surface area contributed by atoms with Gasteiger partial charge in [0.05, 0.1) is 19.9 Å². The minimum atomic E-state index is 0.623. The number of ether oxygens (including phenoxy) is 1. The molecule has 1 saturated heterocycles. The summed E-state index contributed by atoms with van der Waals surface area (Å²) in [6.07, 6.45) is 0. The highest BCUT2D eigenvalue weighted by Crippen LogP contribution is 2.07. The highest BCUT2D eigenvalue weighted by molar-refractivity contribution is 4.69. The van der Waals surface area contributed by atoms with E-state index in [1.54, 1.807) is 0 Å². The molecule has 0 aromatic carbocycles. The number of hydrogen-bond acceptors (Lipinski definition) is 3. The lowest BCUT2D eigenvalue weighted by molar-refractivity contribution is -0.00488. The number of rotatable bonds is 4. The molecule has 1 aliphatic heterocycles. The lowest BCUT2D eigenvalue weighted by Gasteiger charge is -2.37. The van der Waals surface area contributed by atoms with E-state index in [9.17, 15) is 0 Å². The summed E-state index contributed by atoms with van der Waals surface area (Å²) in [7, 11) is 0. The average Bonchev–Trinajstić information content (AvgIpc) is 2.15. The first-order valence-corrected chi connectivity index (χ1v) is 5.67. The van der Waals surface area contributed by atoms with Gasteiger partial charge >= 0.3 is 0 Å². The van der Waals surface area contributed by atoms with Gasteiger partial charge in [-0.2, -0.15) is 0 Å². The molecule has 84 valence electrons. The van der Waals surface area contributed by atoms with Crippen molar-refractivity contribution in [3.8, 4) is 0 Å². The summed E-state index contributed by atoms with van der Waals surface area (Å²) in [6, 6.07) is 1.25. The van der Waals surface area contributed by atoms with Gasteiger partial charge in [-0.3, -0.25) is 9.80 Å². The van der Waals surface area contributed by atoms with Crippen LogP contribution in [0.1, 0.15) is 27.7 Å². The van der Waals surface area contributed by atoms with Crippen LogP contribution in [-0.2, 0) is 4.74 Å². The van der Waals surface area contributed by atoms with Crippen molar-refractivity contribution in [1.29, 1.82) is 0 Å². The molecule has 0 atom stereocenters. The van der Waals surface area contributed by atoms with Crippen molar-refractivity contribution >= 4 is 0 Å². The lowest BCUT2D eigenvalue weighted by Crippen LogP contribution is -2.48. The molecule has 0 unspecified atom stereocenters. The molecule has 0 N–H and O–H groups in total. The van der Waals surface area contributed by atoms with E-state index in [4.69, 9.17) is 4.74 Å². The van der Waals surface area contributed by atoms with Crippen molar-refractivity contribution in [1.82, 2.24) is 9.80 Å². The molecule has 3 nitrogen and oxygen atoms in total. The summed E-state index contributed by atoms with van der Waals surface area (Å²) in [5.41, 5.74) is 0. The number of morpholine rings is 1. The Morgan fingerprint density at radius 2 is 1.57 bits per heavy atom. The first kappa shape index (κ1) is 12.0. The van der Waals surface area contributed by atoms with Gasteiger partial charge in [-0.15, -0.1) is 0 Å². The Kier molecular flexibility index (Phi) is 4.85. The Labute approximate surface area is 88.0 Å². The minimum absolute atomic E-state index is 0.623. The van der Waals surface area contributed by atoms with Crippen LogP contribution in [0.5, 0.6) is 0 Å². The Balaban J connectivity index is 2.37. The van der Waals surface area contributed by atoms with Gasteiger partial charge in [0.1, 0.15) is 0 Å². The summed E-state index contributed by atoms with van der Waals surface area (Å²) >= 11 is 0. The Bertz CT molecular complexity index is 145. The smallest absolute Gasteiger partial charge is 0.0594 e. The van der Waals surface area contributed by atoms with E-state index in [0.29, 0.717) is 12.1 Å². The van der Waals surface area contributed by atoms with E-state index in [0.717, 1.165) is 33.0 Å². The molecule has 0 amide bonds. The topological polar surface area (TPSA) is 15.7 Å². The maximum atomic E-state index is 5.34. The quantitative estimate of drug-likeness (QED) is 0.682. The van der Waals surface area contributed by atoms with Gasteiger partial charge in [-0.1, -0.05) is 0 Å². The second-order valence-electron chi connectivity index (χ2n) is 4.57. The average molecular weight is 200 g/mol.